The Kier molecular flexibility index (Phi) is 50.2. The van der Waals surface area contributed by atoms with Crippen LogP contribution in [-0.4, -0.2) is 140 Å². The molecule has 1 amide bonds. The Morgan fingerprint density at radius 1 is 0.430 bits per heavy atom. The first-order valence-electron chi connectivity index (χ1n) is 33.4. The number of hydrogen-bond donors (Lipinski definition) is 9. The lowest BCUT2D eigenvalue weighted by Gasteiger charge is -2.46. The molecule has 0 spiro atoms. The van der Waals surface area contributed by atoms with Crippen LogP contribution >= 0.6 is 0 Å². The van der Waals surface area contributed by atoms with Gasteiger partial charge < -0.3 is 65.1 Å². The van der Waals surface area contributed by atoms with Crippen LogP contribution in [0, 0.1) is 0 Å². The highest BCUT2D eigenvalue weighted by Crippen LogP contribution is 2.30. The molecule has 2 aliphatic rings. The molecule has 2 aliphatic heterocycles. The largest absolute Gasteiger partial charge is 0.394 e. The number of allylic oxidation sites excluding steroid dienone is 21. The van der Waals surface area contributed by atoms with Gasteiger partial charge in [-0.1, -0.05) is 250 Å². The average molecular weight is 1210 g/mol. The van der Waals surface area contributed by atoms with E-state index in [1.54, 1.807) is 6.08 Å². The van der Waals surface area contributed by atoms with Gasteiger partial charge >= 0.3 is 0 Å². The third kappa shape index (κ3) is 39.2. The molecule has 0 radical (unpaired) electrons. The fourth-order valence-corrected chi connectivity index (χ4v) is 10.0. The standard InChI is InChI=1S/C72H119NO13/c1-3-5-7-9-11-13-15-17-19-21-23-25-27-28-29-30-31-32-34-36-38-40-42-44-46-48-50-52-54-56-64(77)73-60(59-83-71-69(82)67(80)70(63(58-75)85-71)86-72-68(81)66(79)65(78)62(57-74)84-72)61(76)55-53-51-49-47-45-43-41-39-37-35-33-26-24-22-20-18-16-14-12-10-8-6-4-2/h5,7,11,13,17,19,23,25,28-29,31-32,36,38,42,44-45,47-48,50,53,55,60-63,65-72,74-76,78-82H,3-4,6,8-10,12,14-16,18,20-22,24,26-27,30,33-35,37,39-41,43,46,49,51-52,54,56-59H2,1-2H3,(H,73,77)/b7-5-,13-11-,19-17-,25-23-,29-28-,32-31-,38-36-,44-42-,47-45+,50-48-,55-53+. The van der Waals surface area contributed by atoms with E-state index in [1.165, 1.54) is 109 Å². The molecule has 0 aromatic carbocycles. The van der Waals surface area contributed by atoms with Crippen molar-refractivity contribution in [3.63, 3.8) is 0 Å². The summed E-state index contributed by atoms with van der Waals surface area (Å²) in [5.41, 5.74) is 0. The van der Waals surface area contributed by atoms with Crippen LogP contribution in [0.15, 0.2) is 134 Å². The minimum Gasteiger partial charge on any atom is -0.394 e. The third-order valence-electron chi connectivity index (χ3n) is 15.3. The second-order valence-electron chi connectivity index (χ2n) is 22.9. The van der Waals surface area contributed by atoms with Gasteiger partial charge in [-0.05, 0) is 96.3 Å². The maximum Gasteiger partial charge on any atom is 0.220 e. The molecule has 86 heavy (non-hydrogen) atoms. The highest BCUT2D eigenvalue weighted by molar-refractivity contribution is 5.76. The van der Waals surface area contributed by atoms with Crippen LogP contribution in [-0.2, 0) is 23.7 Å². The first-order chi connectivity index (χ1) is 42.1. The molecule has 2 heterocycles. The molecule has 14 nitrogen and oxygen atoms in total. The highest BCUT2D eigenvalue weighted by Gasteiger charge is 2.51. The molecule has 14 heteroatoms. The van der Waals surface area contributed by atoms with E-state index in [0.29, 0.717) is 19.3 Å². The van der Waals surface area contributed by atoms with Crippen molar-refractivity contribution in [2.45, 2.75) is 293 Å². The summed E-state index contributed by atoms with van der Waals surface area (Å²) >= 11 is 0. The zero-order chi connectivity index (χ0) is 62.3. The van der Waals surface area contributed by atoms with Gasteiger partial charge in [-0.25, -0.2) is 0 Å². The van der Waals surface area contributed by atoms with Gasteiger partial charge in [0.15, 0.2) is 12.6 Å². The van der Waals surface area contributed by atoms with E-state index in [1.807, 2.05) is 12.2 Å². The van der Waals surface area contributed by atoms with Gasteiger partial charge in [-0.2, -0.15) is 0 Å². The predicted molar refractivity (Wildman–Crippen MR) is 350 cm³/mol. The van der Waals surface area contributed by atoms with Crippen LogP contribution in [0.3, 0.4) is 0 Å². The van der Waals surface area contributed by atoms with Crippen molar-refractivity contribution in [1.29, 1.82) is 0 Å². The van der Waals surface area contributed by atoms with Gasteiger partial charge in [0.25, 0.3) is 0 Å². The van der Waals surface area contributed by atoms with Gasteiger partial charge in [-0.15, -0.1) is 0 Å². The number of rotatable bonds is 52. The number of amides is 1. The average Bonchev–Trinajstić information content (AvgIpc) is 2.53. The summed E-state index contributed by atoms with van der Waals surface area (Å²) in [7, 11) is 0. The molecule has 0 aliphatic carbocycles. The quantitative estimate of drug-likeness (QED) is 0.0204. The lowest BCUT2D eigenvalue weighted by molar-refractivity contribution is -0.359. The second kappa shape index (κ2) is 55.2. The molecule has 0 aromatic rings. The molecular formula is C72H119NO13. The molecule has 2 rings (SSSR count). The molecule has 0 aromatic heterocycles. The minimum absolute atomic E-state index is 0.184. The molecule has 9 N–H and O–H groups in total. The maximum atomic E-state index is 13.3. The van der Waals surface area contributed by atoms with E-state index in [4.69, 9.17) is 18.9 Å². The number of aliphatic hydroxyl groups is 8. The van der Waals surface area contributed by atoms with Gasteiger partial charge in [0.05, 0.1) is 32.0 Å². The van der Waals surface area contributed by atoms with Crippen molar-refractivity contribution in [3.8, 4) is 0 Å². The SMILES string of the molecule is CC/C=C\C/C=C\C/C=C\C/C=C\C/C=C\C/C=C\C/C=C\C/C=C\C/C=C\CCCC(=O)NC(COC1OC(CO)C(OC2OC(CO)C(O)C(O)C2O)C(O)C1O)C(O)/C=C/CC/C=C/CCCCCCCCCCCCCCCCCCC. The smallest absolute Gasteiger partial charge is 0.220 e. The van der Waals surface area contributed by atoms with Crippen LogP contribution < -0.4 is 5.32 Å². The Balaban J connectivity index is 1.77. The van der Waals surface area contributed by atoms with Crippen LogP contribution in [0.5, 0.6) is 0 Å². The maximum absolute atomic E-state index is 13.3. The Morgan fingerprint density at radius 2 is 0.814 bits per heavy atom. The van der Waals surface area contributed by atoms with E-state index in [0.717, 1.165) is 70.6 Å². The van der Waals surface area contributed by atoms with Gasteiger partial charge in [0, 0.05) is 6.42 Å². The number of carbonyl (C=O) groups excluding carboxylic acids is 1. The third-order valence-corrected chi connectivity index (χ3v) is 15.3. The minimum atomic E-state index is -1.80. The Bertz CT molecular complexity index is 1950. The van der Waals surface area contributed by atoms with Crippen molar-refractivity contribution < 1.29 is 64.6 Å². The summed E-state index contributed by atoms with van der Waals surface area (Å²) < 4.78 is 22.8. The number of ether oxygens (including phenoxy) is 4. The number of aliphatic hydroxyl groups excluding tert-OH is 8. The fraction of sp³-hybridized carbons (Fsp3) is 0.681. The number of nitrogens with one attached hydrogen (secondary N) is 1. The van der Waals surface area contributed by atoms with Crippen LogP contribution in [0.25, 0.3) is 0 Å². The summed E-state index contributed by atoms with van der Waals surface area (Å²) in [4.78, 5) is 13.3. The van der Waals surface area contributed by atoms with Crippen molar-refractivity contribution in [2.75, 3.05) is 19.8 Å². The molecule has 2 saturated heterocycles. The van der Waals surface area contributed by atoms with Crippen LogP contribution in [0.4, 0.5) is 0 Å². The van der Waals surface area contributed by atoms with E-state index in [2.05, 4.69) is 135 Å². The monoisotopic (exact) mass is 1210 g/mol. The molecular weight excluding hydrogens is 1090 g/mol. The first-order valence-corrected chi connectivity index (χ1v) is 33.4. The molecule has 490 valence electrons. The van der Waals surface area contributed by atoms with Crippen molar-refractivity contribution in [2.24, 2.45) is 0 Å². The molecule has 0 bridgehead atoms. The number of carbonyl (C=O) groups is 1. The zero-order valence-corrected chi connectivity index (χ0v) is 53.0. The summed E-state index contributed by atoms with van der Waals surface area (Å²) in [6.07, 6.45) is 65.0. The van der Waals surface area contributed by atoms with Gasteiger partial charge in [0.1, 0.15) is 48.8 Å². The lowest BCUT2D eigenvalue weighted by Crippen LogP contribution is -2.65. The zero-order valence-electron chi connectivity index (χ0n) is 53.0. The van der Waals surface area contributed by atoms with Crippen LogP contribution in [0.2, 0.25) is 0 Å². The Labute approximate surface area is 520 Å². The van der Waals surface area contributed by atoms with Gasteiger partial charge in [-0.3, -0.25) is 4.79 Å². The summed E-state index contributed by atoms with van der Waals surface area (Å²) in [5, 5.41) is 87.3. The van der Waals surface area contributed by atoms with Gasteiger partial charge in [0.2, 0.25) is 5.91 Å². The Morgan fingerprint density at radius 3 is 1.28 bits per heavy atom. The normalized spacial score (nSPS) is 24.3. The number of hydrogen-bond acceptors (Lipinski definition) is 13. The lowest BCUT2D eigenvalue weighted by atomic mass is 9.97. The molecule has 12 unspecified atom stereocenters. The topological polar surface area (TPSA) is 228 Å². The second-order valence-corrected chi connectivity index (χ2v) is 22.9. The van der Waals surface area contributed by atoms with Crippen molar-refractivity contribution in [3.05, 3.63) is 134 Å². The van der Waals surface area contributed by atoms with E-state index < -0.39 is 86.8 Å². The highest BCUT2D eigenvalue weighted by atomic mass is 16.7. The summed E-state index contributed by atoms with van der Waals surface area (Å²) in [6.45, 7) is 2.63. The van der Waals surface area contributed by atoms with Crippen molar-refractivity contribution in [1.82, 2.24) is 5.32 Å². The predicted octanol–water partition coefficient (Wildman–Crippen LogP) is 13.1. The summed E-state index contributed by atoms with van der Waals surface area (Å²) in [6, 6.07) is -0.974. The van der Waals surface area contributed by atoms with Crippen molar-refractivity contribution >= 4 is 5.91 Å². The van der Waals surface area contributed by atoms with E-state index in [9.17, 15) is 45.6 Å². The Hall–Kier alpha value is -3.87. The van der Waals surface area contributed by atoms with E-state index >= 15 is 0 Å². The van der Waals surface area contributed by atoms with Crippen LogP contribution in [0.1, 0.15) is 219 Å². The molecule has 2 fully saturated rings. The number of unbranched alkanes of at least 4 members (excludes halogenated alkanes) is 19. The molecule has 12 atom stereocenters. The summed E-state index contributed by atoms with van der Waals surface area (Å²) in [5.74, 6) is -0.311. The fourth-order valence-electron chi connectivity index (χ4n) is 10.0. The first kappa shape index (κ1) is 78.2. The van der Waals surface area contributed by atoms with E-state index in [-0.39, 0.29) is 18.9 Å². The molecule has 0 saturated carbocycles.